The van der Waals surface area contributed by atoms with Gasteiger partial charge in [0.25, 0.3) is 0 Å². The van der Waals surface area contributed by atoms with Gasteiger partial charge in [-0.2, -0.15) is 0 Å². The van der Waals surface area contributed by atoms with Gasteiger partial charge in [0, 0.05) is 29.8 Å². The van der Waals surface area contributed by atoms with Crippen molar-refractivity contribution >= 4 is 17.3 Å². The highest BCUT2D eigenvalue weighted by atomic mass is 35.5. The largest absolute Gasteiger partial charge is 0.368 e. The molecule has 0 radical (unpaired) electrons. The second kappa shape index (κ2) is 3.20. The molecule has 13 heavy (non-hydrogen) atoms. The van der Waals surface area contributed by atoms with Crippen LogP contribution in [-0.4, -0.2) is 19.1 Å². The first kappa shape index (κ1) is 8.85. The fourth-order valence-corrected chi connectivity index (χ4v) is 1.91. The van der Waals surface area contributed by atoms with Crippen molar-refractivity contribution in [3.8, 4) is 0 Å². The number of anilines is 1. The standard InChI is InChI=1S/C10H13ClN2/c1-7-4-8(11)2-3-10(7)13-5-9(12)6-13/h2-4,9H,5-6,12H2,1H3. The molecule has 0 amide bonds. The fraction of sp³-hybridized carbons (Fsp3) is 0.400. The van der Waals surface area contributed by atoms with Crippen LogP contribution in [0.5, 0.6) is 0 Å². The lowest BCUT2D eigenvalue weighted by molar-refractivity contribution is 0.518. The Balaban J connectivity index is 2.21. The maximum absolute atomic E-state index is 5.87. The summed E-state index contributed by atoms with van der Waals surface area (Å²) >= 11 is 5.87. The van der Waals surface area contributed by atoms with Crippen molar-refractivity contribution in [2.75, 3.05) is 18.0 Å². The molecule has 2 N–H and O–H groups in total. The Hall–Kier alpha value is -0.730. The number of rotatable bonds is 1. The molecule has 0 spiro atoms. The van der Waals surface area contributed by atoms with Gasteiger partial charge < -0.3 is 10.6 Å². The molecular weight excluding hydrogens is 184 g/mol. The third-order valence-electron chi connectivity index (χ3n) is 2.41. The van der Waals surface area contributed by atoms with Gasteiger partial charge in [-0.15, -0.1) is 0 Å². The highest BCUT2D eigenvalue weighted by Gasteiger charge is 2.23. The summed E-state index contributed by atoms with van der Waals surface area (Å²) < 4.78 is 0. The van der Waals surface area contributed by atoms with E-state index < -0.39 is 0 Å². The molecule has 1 aromatic carbocycles. The molecule has 2 nitrogen and oxygen atoms in total. The Bertz CT molecular complexity index is 319. The minimum Gasteiger partial charge on any atom is -0.368 e. The van der Waals surface area contributed by atoms with Crippen molar-refractivity contribution < 1.29 is 0 Å². The molecule has 1 aromatic rings. The number of nitrogens with two attached hydrogens (primary N) is 1. The maximum Gasteiger partial charge on any atom is 0.0410 e. The third kappa shape index (κ3) is 1.64. The van der Waals surface area contributed by atoms with Gasteiger partial charge >= 0.3 is 0 Å². The van der Waals surface area contributed by atoms with E-state index in [1.54, 1.807) is 0 Å². The van der Waals surface area contributed by atoms with Gasteiger partial charge in [0.15, 0.2) is 0 Å². The van der Waals surface area contributed by atoms with Gasteiger partial charge in [-0.1, -0.05) is 11.6 Å². The molecule has 1 aliphatic heterocycles. The van der Waals surface area contributed by atoms with E-state index in [9.17, 15) is 0 Å². The van der Waals surface area contributed by atoms with Gasteiger partial charge in [0.05, 0.1) is 0 Å². The monoisotopic (exact) mass is 196 g/mol. The molecule has 1 aliphatic rings. The normalized spacial score (nSPS) is 17.3. The molecular formula is C10H13ClN2. The molecule has 0 aromatic heterocycles. The molecule has 0 bridgehead atoms. The molecule has 1 fully saturated rings. The summed E-state index contributed by atoms with van der Waals surface area (Å²) in [6.07, 6.45) is 0. The van der Waals surface area contributed by atoms with E-state index in [2.05, 4.69) is 17.9 Å². The number of hydrogen-bond donors (Lipinski definition) is 1. The third-order valence-corrected chi connectivity index (χ3v) is 2.64. The minimum atomic E-state index is 0.343. The van der Waals surface area contributed by atoms with Crippen molar-refractivity contribution in [1.29, 1.82) is 0 Å². The average molecular weight is 197 g/mol. The summed E-state index contributed by atoms with van der Waals surface area (Å²) in [6, 6.07) is 6.31. The predicted molar refractivity (Wildman–Crippen MR) is 56.4 cm³/mol. The summed E-state index contributed by atoms with van der Waals surface area (Å²) in [6.45, 7) is 4.00. The van der Waals surface area contributed by atoms with Gasteiger partial charge in [-0.05, 0) is 30.7 Å². The van der Waals surface area contributed by atoms with Gasteiger partial charge in [0.2, 0.25) is 0 Å². The molecule has 70 valence electrons. The van der Waals surface area contributed by atoms with Crippen LogP contribution >= 0.6 is 11.6 Å². The Kier molecular flexibility index (Phi) is 2.18. The summed E-state index contributed by atoms with van der Waals surface area (Å²) in [4.78, 5) is 2.27. The number of halogens is 1. The van der Waals surface area contributed by atoms with Crippen LogP contribution in [0.15, 0.2) is 18.2 Å². The number of aryl methyl sites for hydroxylation is 1. The van der Waals surface area contributed by atoms with Crippen LogP contribution in [-0.2, 0) is 0 Å². The van der Waals surface area contributed by atoms with Crippen LogP contribution in [0.1, 0.15) is 5.56 Å². The highest BCUT2D eigenvalue weighted by Crippen LogP contribution is 2.26. The molecule has 0 atom stereocenters. The first-order valence-electron chi connectivity index (χ1n) is 4.43. The van der Waals surface area contributed by atoms with Crippen molar-refractivity contribution in [3.05, 3.63) is 28.8 Å². The Morgan fingerprint density at radius 3 is 2.69 bits per heavy atom. The van der Waals surface area contributed by atoms with E-state index in [1.165, 1.54) is 11.3 Å². The fourth-order valence-electron chi connectivity index (χ4n) is 1.68. The lowest BCUT2D eigenvalue weighted by atomic mass is 10.1. The molecule has 1 saturated heterocycles. The highest BCUT2D eigenvalue weighted by molar-refractivity contribution is 6.30. The Morgan fingerprint density at radius 2 is 2.15 bits per heavy atom. The van der Waals surface area contributed by atoms with E-state index >= 15 is 0 Å². The SMILES string of the molecule is Cc1cc(Cl)ccc1N1CC(N)C1. The summed E-state index contributed by atoms with van der Waals surface area (Å²) in [5.74, 6) is 0. The Morgan fingerprint density at radius 1 is 1.46 bits per heavy atom. The molecule has 0 aliphatic carbocycles. The van der Waals surface area contributed by atoms with E-state index in [1.807, 2.05) is 12.1 Å². The zero-order valence-corrected chi connectivity index (χ0v) is 8.38. The zero-order chi connectivity index (χ0) is 9.42. The summed E-state index contributed by atoms with van der Waals surface area (Å²) in [5, 5.41) is 0.797. The van der Waals surface area contributed by atoms with E-state index in [4.69, 9.17) is 17.3 Å². The first-order valence-corrected chi connectivity index (χ1v) is 4.81. The number of hydrogen-bond acceptors (Lipinski definition) is 2. The van der Waals surface area contributed by atoms with E-state index in [0.717, 1.165) is 18.1 Å². The average Bonchev–Trinajstić information content (AvgIpc) is 2.00. The van der Waals surface area contributed by atoms with Crippen LogP contribution in [0.25, 0.3) is 0 Å². The topological polar surface area (TPSA) is 29.3 Å². The second-order valence-electron chi connectivity index (χ2n) is 3.60. The molecule has 1 heterocycles. The van der Waals surface area contributed by atoms with Crippen LogP contribution in [0.3, 0.4) is 0 Å². The van der Waals surface area contributed by atoms with Gasteiger partial charge in [-0.3, -0.25) is 0 Å². The van der Waals surface area contributed by atoms with Crippen LogP contribution in [0.2, 0.25) is 5.02 Å². The molecule has 0 saturated carbocycles. The van der Waals surface area contributed by atoms with Crippen molar-refractivity contribution in [2.24, 2.45) is 5.73 Å². The number of nitrogens with zero attached hydrogens (tertiary/aromatic N) is 1. The molecule has 0 unspecified atom stereocenters. The lowest BCUT2D eigenvalue weighted by Crippen LogP contribution is -2.56. The van der Waals surface area contributed by atoms with Crippen molar-refractivity contribution in [2.45, 2.75) is 13.0 Å². The van der Waals surface area contributed by atoms with Crippen LogP contribution in [0, 0.1) is 6.92 Å². The lowest BCUT2D eigenvalue weighted by Gasteiger charge is -2.39. The van der Waals surface area contributed by atoms with Crippen molar-refractivity contribution in [3.63, 3.8) is 0 Å². The minimum absolute atomic E-state index is 0.343. The van der Waals surface area contributed by atoms with E-state index in [-0.39, 0.29) is 0 Å². The number of benzene rings is 1. The summed E-state index contributed by atoms with van der Waals surface area (Å²) in [7, 11) is 0. The summed E-state index contributed by atoms with van der Waals surface area (Å²) in [5.41, 5.74) is 8.20. The second-order valence-corrected chi connectivity index (χ2v) is 4.03. The molecule has 2 rings (SSSR count). The Labute approximate surface area is 83.3 Å². The quantitative estimate of drug-likeness (QED) is 0.742. The van der Waals surface area contributed by atoms with Crippen LogP contribution < -0.4 is 10.6 Å². The van der Waals surface area contributed by atoms with Crippen molar-refractivity contribution in [1.82, 2.24) is 0 Å². The van der Waals surface area contributed by atoms with E-state index in [0.29, 0.717) is 6.04 Å². The van der Waals surface area contributed by atoms with Gasteiger partial charge in [-0.25, -0.2) is 0 Å². The zero-order valence-electron chi connectivity index (χ0n) is 7.63. The smallest absolute Gasteiger partial charge is 0.0410 e. The first-order chi connectivity index (χ1) is 6.16. The van der Waals surface area contributed by atoms with Crippen LogP contribution in [0.4, 0.5) is 5.69 Å². The van der Waals surface area contributed by atoms with Gasteiger partial charge in [0.1, 0.15) is 0 Å². The predicted octanol–water partition coefficient (Wildman–Crippen LogP) is 1.80. The maximum atomic E-state index is 5.87. The molecule has 3 heteroatoms.